The number of carbonyl (C=O) groups is 1. The molecule has 140 valence electrons. The summed E-state index contributed by atoms with van der Waals surface area (Å²) in [5, 5.41) is 7.09. The summed E-state index contributed by atoms with van der Waals surface area (Å²) in [5.41, 5.74) is 4.80. The molecule has 0 unspecified atom stereocenters. The van der Waals surface area contributed by atoms with Crippen LogP contribution in [-0.2, 0) is 24.8 Å². The number of hydrogen-bond acceptors (Lipinski definition) is 5. The Hall–Kier alpha value is -2.87. The fraction of sp³-hybridized carbons (Fsp3) is 0.421. The Balaban J connectivity index is 1.43. The number of aryl methyl sites for hydroxylation is 1. The van der Waals surface area contributed by atoms with Crippen molar-refractivity contribution in [2.24, 2.45) is 7.05 Å². The number of nitrogens with zero attached hydrogens (tertiary/aromatic N) is 5. The third-order valence-corrected chi connectivity index (χ3v) is 5.49. The van der Waals surface area contributed by atoms with Crippen molar-refractivity contribution >= 4 is 22.9 Å². The van der Waals surface area contributed by atoms with Gasteiger partial charge in [-0.25, -0.2) is 4.98 Å². The number of H-pyrrole nitrogens is 1. The van der Waals surface area contributed by atoms with E-state index < -0.39 is 0 Å². The van der Waals surface area contributed by atoms with Gasteiger partial charge in [0, 0.05) is 56.5 Å². The van der Waals surface area contributed by atoms with Crippen molar-refractivity contribution in [3.05, 3.63) is 41.2 Å². The van der Waals surface area contributed by atoms with E-state index in [1.54, 1.807) is 0 Å². The quantitative estimate of drug-likeness (QED) is 0.740. The lowest BCUT2D eigenvalue weighted by Crippen LogP contribution is -2.37. The normalized spacial score (nSPS) is 17.4. The first-order valence-electron chi connectivity index (χ1n) is 9.30. The van der Waals surface area contributed by atoms with Gasteiger partial charge in [-0.05, 0) is 18.2 Å². The number of anilines is 1. The number of rotatable bonds is 2. The van der Waals surface area contributed by atoms with Crippen molar-refractivity contribution in [2.75, 3.05) is 37.7 Å². The van der Waals surface area contributed by atoms with E-state index in [0.717, 1.165) is 61.0 Å². The van der Waals surface area contributed by atoms with Crippen LogP contribution in [0.25, 0.3) is 11.0 Å². The molecule has 0 radical (unpaired) electrons. The summed E-state index contributed by atoms with van der Waals surface area (Å²) in [7, 11) is 2.02. The van der Waals surface area contributed by atoms with Crippen molar-refractivity contribution in [3.8, 4) is 0 Å². The molecule has 0 saturated carbocycles. The Morgan fingerprint density at radius 3 is 2.93 bits per heavy atom. The van der Waals surface area contributed by atoms with Crippen LogP contribution in [0.4, 0.5) is 5.95 Å². The first-order chi connectivity index (χ1) is 13.2. The van der Waals surface area contributed by atoms with E-state index in [1.807, 2.05) is 36.3 Å². The Labute approximate surface area is 156 Å². The lowest BCUT2D eigenvalue weighted by atomic mass is 10.1. The number of fused-ring (bicyclic) bond motifs is 2. The summed E-state index contributed by atoms with van der Waals surface area (Å²) in [5.74, 6) is 0.973. The van der Waals surface area contributed by atoms with E-state index in [-0.39, 0.29) is 5.91 Å². The lowest BCUT2D eigenvalue weighted by molar-refractivity contribution is 0.0734. The Morgan fingerprint density at radius 2 is 2.07 bits per heavy atom. The summed E-state index contributed by atoms with van der Waals surface area (Å²) in [6.07, 6.45) is 2.62. The van der Waals surface area contributed by atoms with Crippen LogP contribution < -0.4 is 4.90 Å². The second kappa shape index (κ2) is 6.38. The first-order valence-corrected chi connectivity index (χ1v) is 9.30. The molecule has 0 atom stereocenters. The maximum absolute atomic E-state index is 13.0. The number of nitrogens with one attached hydrogen (secondary N) is 1. The van der Waals surface area contributed by atoms with Gasteiger partial charge in [0.15, 0.2) is 0 Å². The number of benzene rings is 1. The maximum atomic E-state index is 13.0. The molecule has 0 bridgehead atoms. The van der Waals surface area contributed by atoms with E-state index in [0.29, 0.717) is 18.7 Å². The van der Waals surface area contributed by atoms with Gasteiger partial charge in [0.25, 0.3) is 5.91 Å². The Bertz CT molecular complexity index is 1000. The van der Waals surface area contributed by atoms with Crippen molar-refractivity contribution in [1.29, 1.82) is 0 Å². The number of aromatic amines is 1. The monoisotopic (exact) mass is 366 g/mol. The molecule has 1 aromatic carbocycles. The number of amides is 1. The van der Waals surface area contributed by atoms with E-state index in [1.165, 1.54) is 0 Å². The Kier molecular flexibility index (Phi) is 3.86. The zero-order chi connectivity index (χ0) is 18.4. The number of carbonyl (C=O) groups excluding carboxylic acids is 1. The molecular formula is C19H22N6O2. The molecule has 1 amide bonds. The van der Waals surface area contributed by atoms with Crippen LogP contribution in [0, 0.1) is 0 Å². The molecule has 8 nitrogen and oxygen atoms in total. The van der Waals surface area contributed by atoms with Crippen LogP contribution in [0.2, 0.25) is 0 Å². The molecule has 5 rings (SSSR count). The predicted octanol–water partition coefficient (Wildman–Crippen LogP) is 1.33. The summed E-state index contributed by atoms with van der Waals surface area (Å²) in [6.45, 7) is 4.42. The molecule has 2 aliphatic heterocycles. The van der Waals surface area contributed by atoms with Crippen LogP contribution in [0.1, 0.15) is 21.6 Å². The van der Waals surface area contributed by atoms with Crippen molar-refractivity contribution in [2.45, 2.75) is 13.0 Å². The standard InChI is InChI=1S/C19H22N6O2/c1-23-17-3-2-13(10-16(17)21-19(23)24-6-8-27-9-7-24)18(26)25-5-4-15-14(12-25)11-20-22-15/h2-3,10-11H,4-9,12H2,1H3,(H,20,22). The highest BCUT2D eigenvalue weighted by molar-refractivity contribution is 5.97. The molecule has 0 spiro atoms. The average molecular weight is 366 g/mol. The molecule has 0 aliphatic carbocycles. The van der Waals surface area contributed by atoms with E-state index in [2.05, 4.69) is 19.7 Å². The fourth-order valence-corrected chi connectivity index (χ4v) is 3.94. The SMILES string of the molecule is Cn1c(N2CCOCC2)nc2cc(C(=O)N3CCc4[nH]ncc4C3)ccc21. The van der Waals surface area contributed by atoms with Crippen LogP contribution in [0.3, 0.4) is 0 Å². The van der Waals surface area contributed by atoms with Crippen molar-refractivity contribution in [3.63, 3.8) is 0 Å². The molecule has 1 saturated heterocycles. The number of ether oxygens (including phenoxy) is 1. The zero-order valence-corrected chi connectivity index (χ0v) is 15.3. The molecule has 2 aromatic heterocycles. The third kappa shape index (κ3) is 2.76. The summed E-state index contributed by atoms with van der Waals surface area (Å²) in [6, 6.07) is 5.81. The maximum Gasteiger partial charge on any atom is 0.254 e. The summed E-state index contributed by atoms with van der Waals surface area (Å²) >= 11 is 0. The van der Waals surface area contributed by atoms with Gasteiger partial charge in [-0.1, -0.05) is 0 Å². The molecule has 1 fully saturated rings. The van der Waals surface area contributed by atoms with Crippen LogP contribution >= 0.6 is 0 Å². The average Bonchev–Trinajstić information content (AvgIpc) is 3.31. The van der Waals surface area contributed by atoms with E-state index in [4.69, 9.17) is 9.72 Å². The van der Waals surface area contributed by atoms with E-state index >= 15 is 0 Å². The van der Waals surface area contributed by atoms with E-state index in [9.17, 15) is 4.79 Å². The van der Waals surface area contributed by atoms with Gasteiger partial charge in [0.05, 0.1) is 30.4 Å². The number of hydrogen-bond donors (Lipinski definition) is 1. The minimum Gasteiger partial charge on any atom is -0.378 e. The molecular weight excluding hydrogens is 344 g/mol. The number of imidazole rings is 1. The Morgan fingerprint density at radius 1 is 1.22 bits per heavy atom. The van der Waals surface area contributed by atoms with Crippen molar-refractivity contribution in [1.82, 2.24) is 24.6 Å². The van der Waals surface area contributed by atoms with Gasteiger partial charge in [-0.15, -0.1) is 0 Å². The highest BCUT2D eigenvalue weighted by Crippen LogP contribution is 2.25. The summed E-state index contributed by atoms with van der Waals surface area (Å²) in [4.78, 5) is 21.9. The van der Waals surface area contributed by atoms with Gasteiger partial charge in [-0.3, -0.25) is 9.89 Å². The van der Waals surface area contributed by atoms with Gasteiger partial charge in [0.1, 0.15) is 0 Å². The lowest BCUT2D eigenvalue weighted by Gasteiger charge is -2.27. The smallest absolute Gasteiger partial charge is 0.254 e. The third-order valence-electron chi connectivity index (χ3n) is 5.49. The zero-order valence-electron chi connectivity index (χ0n) is 15.3. The molecule has 1 N–H and O–H groups in total. The first kappa shape index (κ1) is 16.3. The van der Waals surface area contributed by atoms with Crippen molar-refractivity contribution < 1.29 is 9.53 Å². The highest BCUT2D eigenvalue weighted by Gasteiger charge is 2.24. The van der Waals surface area contributed by atoms with Gasteiger partial charge < -0.3 is 19.1 Å². The van der Waals surface area contributed by atoms with Crippen LogP contribution in [0.15, 0.2) is 24.4 Å². The molecule has 3 aromatic rings. The number of morpholine rings is 1. The highest BCUT2D eigenvalue weighted by atomic mass is 16.5. The molecule has 2 aliphatic rings. The van der Waals surface area contributed by atoms with Gasteiger partial charge >= 0.3 is 0 Å². The van der Waals surface area contributed by atoms with Gasteiger partial charge in [0.2, 0.25) is 5.95 Å². The minimum atomic E-state index is 0.0438. The van der Waals surface area contributed by atoms with Crippen LogP contribution in [-0.4, -0.2) is 63.4 Å². The largest absolute Gasteiger partial charge is 0.378 e. The predicted molar refractivity (Wildman–Crippen MR) is 101 cm³/mol. The topological polar surface area (TPSA) is 79.3 Å². The number of aromatic nitrogens is 4. The second-order valence-electron chi connectivity index (χ2n) is 7.12. The molecule has 8 heteroatoms. The fourth-order valence-electron chi connectivity index (χ4n) is 3.94. The second-order valence-corrected chi connectivity index (χ2v) is 7.12. The van der Waals surface area contributed by atoms with Gasteiger partial charge in [-0.2, -0.15) is 5.10 Å². The molecule has 4 heterocycles. The molecule has 27 heavy (non-hydrogen) atoms. The minimum absolute atomic E-state index is 0.0438. The van der Waals surface area contributed by atoms with Crippen LogP contribution in [0.5, 0.6) is 0 Å². The summed E-state index contributed by atoms with van der Waals surface area (Å²) < 4.78 is 7.53.